The molecule has 0 saturated carbocycles. The number of anilines is 2. The normalized spacial score (nSPS) is 10.3. The van der Waals surface area contributed by atoms with Gasteiger partial charge in [0.25, 0.3) is 0 Å². The molecule has 4 nitrogen and oxygen atoms in total. The largest absolute Gasteiger partial charge is 0.354 e. The third kappa shape index (κ3) is 3.43. The Morgan fingerprint density at radius 3 is 3.00 bits per heavy atom. The Labute approximate surface area is 112 Å². The number of hydrogen-bond acceptors (Lipinski definition) is 5. The van der Waals surface area contributed by atoms with Crippen molar-refractivity contribution in [1.29, 1.82) is 0 Å². The molecule has 96 valence electrons. The fourth-order valence-corrected chi connectivity index (χ4v) is 2.36. The number of thiophene rings is 1. The maximum Gasteiger partial charge on any atom is 0.224 e. The van der Waals surface area contributed by atoms with Gasteiger partial charge in [-0.25, -0.2) is 4.98 Å². The van der Waals surface area contributed by atoms with Crippen molar-refractivity contribution in [3.05, 3.63) is 34.7 Å². The highest BCUT2D eigenvalue weighted by atomic mass is 32.1. The highest BCUT2D eigenvalue weighted by molar-refractivity contribution is 7.09. The van der Waals surface area contributed by atoms with Gasteiger partial charge in [-0.15, -0.1) is 11.3 Å². The van der Waals surface area contributed by atoms with Crippen LogP contribution in [0.15, 0.2) is 29.8 Å². The van der Waals surface area contributed by atoms with Crippen molar-refractivity contribution < 1.29 is 0 Å². The van der Waals surface area contributed by atoms with Crippen LogP contribution in [0.2, 0.25) is 0 Å². The molecule has 0 aliphatic rings. The zero-order valence-electron chi connectivity index (χ0n) is 10.8. The molecule has 0 saturated heterocycles. The molecular formula is C13H18N4S. The number of aromatic nitrogens is 2. The van der Waals surface area contributed by atoms with E-state index in [2.05, 4.69) is 44.6 Å². The number of nitrogens with zero attached hydrogens (tertiary/aromatic N) is 3. The monoisotopic (exact) mass is 262 g/mol. The molecule has 0 amide bonds. The van der Waals surface area contributed by atoms with Gasteiger partial charge in [-0.2, -0.15) is 4.98 Å². The van der Waals surface area contributed by atoms with Crippen molar-refractivity contribution in [3.8, 4) is 0 Å². The van der Waals surface area contributed by atoms with Gasteiger partial charge in [0.15, 0.2) is 0 Å². The van der Waals surface area contributed by atoms with Gasteiger partial charge < -0.3 is 10.2 Å². The van der Waals surface area contributed by atoms with Gasteiger partial charge in [0.2, 0.25) is 5.95 Å². The lowest BCUT2D eigenvalue weighted by molar-refractivity contribution is 0.895. The van der Waals surface area contributed by atoms with Crippen molar-refractivity contribution in [2.24, 2.45) is 0 Å². The summed E-state index contributed by atoms with van der Waals surface area (Å²) in [6.45, 7) is 3.90. The van der Waals surface area contributed by atoms with E-state index in [9.17, 15) is 0 Å². The van der Waals surface area contributed by atoms with Crippen LogP contribution in [0, 0.1) is 0 Å². The average molecular weight is 262 g/mol. The molecule has 0 fully saturated rings. The number of nitrogens with one attached hydrogen (secondary N) is 1. The third-order valence-corrected chi connectivity index (χ3v) is 3.40. The molecule has 0 aliphatic carbocycles. The molecule has 0 bridgehead atoms. The SMILES string of the molecule is CCCNc1nccc(N(C)Cc2cccs2)n1. The van der Waals surface area contributed by atoms with E-state index in [0.29, 0.717) is 5.95 Å². The summed E-state index contributed by atoms with van der Waals surface area (Å²) in [7, 11) is 2.05. The molecule has 2 aromatic rings. The van der Waals surface area contributed by atoms with Gasteiger partial charge in [0.1, 0.15) is 5.82 Å². The maximum atomic E-state index is 4.50. The Kier molecular flexibility index (Phi) is 4.52. The highest BCUT2D eigenvalue weighted by Gasteiger charge is 2.05. The topological polar surface area (TPSA) is 41.1 Å². The van der Waals surface area contributed by atoms with Gasteiger partial charge in [-0.05, 0) is 23.9 Å². The Hall–Kier alpha value is -1.62. The molecule has 2 heterocycles. The zero-order chi connectivity index (χ0) is 12.8. The van der Waals surface area contributed by atoms with Crippen LogP contribution in [0.3, 0.4) is 0 Å². The summed E-state index contributed by atoms with van der Waals surface area (Å²) in [4.78, 5) is 12.2. The first-order chi connectivity index (χ1) is 8.79. The summed E-state index contributed by atoms with van der Waals surface area (Å²) in [5.41, 5.74) is 0. The molecule has 0 atom stereocenters. The van der Waals surface area contributed by atoms with Crippen LogP contribution >= 0.6 is 11.3 Å². The van der Waals surface area contributed by atoms with Gasteiger partial charge >= 0.3 is 0 Å². The second-order valence-corrected chi connectivity index (χ2v) is 5.13. The van der Waals surface area contributed by atoms with E-state index < -0.39 is 0 Å². The Balaban J connectivity index is 2.03. The summed E-state index contributed by atoms with van der Waals surface area (Å²) in [5, 5.41) is 5.30. The Bertz CT molecular complexity index is 470. The number of hydrogen-bond donors (Lipinski definition) is 1. The summed E-state index contributed by atoms with van der Waals surface area (Å²) in [6.07, 6.45) is 2.86. The fraction of sp³-hybridized carbons (Fsp3) is 0.385. The highest BCUT2D eigenvalue weighted by Crippen LogP contribution is 2.16. The molecule has 5 heteroatoms. The minimum Gasteiger partial charge on any atom is -0.354 e. The zero-order valence-corrected chi connectivity index (χ0v) is 11.6. The Morgan fingerprint density at radius 2 is 2.28 bits per heavy atom. The summed E-state index contributed by atoms with van der Waals surface area (Å²) >= 11 is 1.76. The first kappa shape index (κ1) is 12.8. The second kappa shape index (κ2) is 6.35. The molecule has 2 rings (SSSR count). The van der Waals surface area contributed by atoms with Crippen molar-refractivity contribution in [1.82, 2.24) is 9.97 Å². The predicted octanol–water partition coefficient (Wildman–Crippen LogP) is 3.00. The van der Waals surface area contributed by atoms with Crippen LogP contribution in [-0.2, 0) is 6.54 Å². The lowest BCUT2D eigenvalue weighted by atomic mass is 10.4. The summed E-state index contributed by atoms with van der Waals surface area (Å²) in [6, 6.07) is 6.14. The van der Waals surface area contributed by atoms with Gasteiger partial charge in [0, 0.05) is 24.7 Å². The van der Waals surface area contributed by atoms with E-state index in [1.807, 2.05) is 13.1 Å². The maximum absolute atomic E-state index is 4.50. The van der Waals surface area contributed by atoms with Crippen LogP contribution in [0.5, 0.6) is 0 Å². The smallest absolute Gasteiger partial charge is 0.224 e. The predicted molar refractivity (Wildman–Crippen MR) is 77.2 cm³/mol. The minimum atomic E-state index is 0.701. The lowest BCUT2D eigenvalue weighted by Gasteiger charge is -2.17. The van der Waals surface area contributed by atoms with Crippen LogP contribution < -0.4 is 10.2 Å². The first-order valence-corrected chi connectivity index (χ1v) is 6.98. The van der Waals surface area contributed by atoms with Crippen LogP contribution in [0.1, 0.15) is 18.2 Å². The lowest BCUT2D eigenvalue weighted by Crippen LogP contribution is -2.18. The molecule has 18 heavy (non-hydrogen) atoms. The molecule has 0 aliphatic heterocycles. The molecule has 0 unspecified atom stereocenters. The molecule has 2 aromatic heterocycles. The van der Waals surface area contributed by atoms with Crippen molar-refractivity contribution in [3.63, 3.8) is 0 Å². The second-order valence-electron chi connectivity index (χ2n) is 4.10. The Morgan fingerprint density at radius 1 is 1.39 bits per heavy atom. The third-order valence-electron chi connectivity index (χ3n) is 2.54. The van der Waals surface area contributed by atoms with Crippen molar-refractivity contribution >= 4 is 23.1 Å². The van der Waals surface area contributed by atoms with Crippen LogP contribution in [0.25, 0.3) is 0 Å². The standard InChI is InChI=1S/C13H18N4S/c1-3-7-14-13-15-8-6-12(16-13)17(2)10-11-5-4-9-18-11/h4-6,8-9H,3,7,10H2,1-2H3,(H,14,15,16). The molecule has 0 spiro atoms. The molecule has 1 N–H and O–H groups in total. The summed E-state index contributed by atoms with van der Waals surface area (Å²) in [5.74, 6) is 1.64. The van der Waals surface area contributed by atoms with E-state index in [-0.39, 0.29) is 0 Å². The van der Waals surface area contributed by atoms with E-state index in [1.165, 1.54) is 4.88 Å². The van der Waals surface area contributed by atoms with Crippen molar-refractivity contribution in [2.75, 3.05) is 23.8 Å². The quantitative estimate of drug-likeness (QED) is 0.869. The molecular weight excluding hydrogens is 244 g/mol. The summed E-state index contributed by atoms with van der Waals surface area (Å²) < 4.78 is 0. The minimum absolute atomic E-state index is 0.701. The molecule has 0 aromatic carbocycles. The van der Waals surface area contributed by atoms with E-state index in [1.54, 1.807) is 17.5 Å². The first-order valence-electron chi connectivity index (χ1n) is 6.10. The van der Waals surface area contributed by atoms with Gasteiger partial charge in [-0.3, -0.25) is 0 Å². The van der Waals surface area contributed by atoms with Crippen LogP contribution in [0.4, 0.5) is 11.8 Å². The average Bonchev–Trinajstić information content (AvgIpc) is 2.89. The van der Waals surface area contributed by atoms with Gasteiger partial charge in [-0.1, -0.05) is 13.0 Å². The van der Waals surface area contributed by atoms with Crippen LogP contribution in [-0.4, -0.2) is 23.6 Å². The van der Waals surface area contributed by atoms with Crippen molar-refractivity contribution in [2.45, 2.75) is 19.9 Å². The van der Waals surface area contributed by atoms with E-state index >= 15 is 0 Å². The van der Waals surface area contributed by atoms with Gasteiger partial charge in [0.05, 0.1) is 6.54 Å². The number of rotatable bonds is 6. The fourth-order valence-electron chi connectivity index (χ4n) is 1.60. The van der Waals surface area contributed by atoms with E-state index in [4.69, 9.17) is 0 Å². The molecule has 0 radical (unpaired) electrons. The van der Waals surface area contributed by atoms with E-state index in [0.717, 1.165) is 25.3 Å².